The lowest BCUT2D eigenvalue weighted by atomic mass is 10.2. The molecule has 0 aliphatic rings. The molecule has 0 radical (unpaired) electrons. The first-order valence-electron chi connectivity index (χ1n) is 3.03. The molecular formula is C7H7ClN2O. The van der Waals surface area contributed by atoms with Crippen molar-refractivity contribution in [3.63, 3.8) is 0 Å². The number of anilines is 1. The number of carbonyl (C=O) groups excluding carboxylic acids is 1. The van der Waals surface area contributed by atoms with Crippen molar-refractivity contribution in [1.29, 1.82) is 0 Å². The van der Waals surface area contributed by atoms with Crippen molar-refractivity contribution in [1.82, 2.24) is 4.98 Å². The van der Waals surface area contributed by atoms with Gasteiger partial charge in [0, 0.05) is 6.20 Å². The Labute approximate surface area is 69.2 Å². The molecular weight excluding hydrogens is 164 g/mol. The largest absolute Gasteiger partial charge is 0.397 e. The van der Waals surface area contributed by atoms with E-state index >= 15 is 0 Å². The van der Waals surface area contributed by atoms with E-state index < -0.39 is 0 Å². The molecule has 1 rings (SSSR count). The van der Waals surface area contributed by atoms with Gasteiger partial charge < -0.3 is 5.73 Å². The Morgan fingerprint density at radius 2 is 2.27 bits per heavy atom. The van der Waals surface area contributed by atoms with E-state index in [9.17, 15) is 4.79 Å². The molecule has 0 aromatic carbocycles. The van der Waals surface area contributed by atoms with Gasteiger partial charge >= 0.3 is 0 Å². The number of hydrogen-bond donors (Lipinski definition) is 1. The minimum atomic E-state index is -0.144. The highest BCUT2D eigenvalue weighted by atomic mass is 35.5. The molecule has 1 heterocycles. The minimum absolute atomic E-state index is 0.144. The molecule has 0 saturated carbocycles. The molecule has 0 amide bonds. The third-order valence-corrected chi connectivity index (χ3v) is 1.57. The number of nitrogens with two attached hydrogens (primary N) is 1. The molecule has 0 unspecified atom stereocenters. The Bertz CT molecular complexity index is 278. The molecule has 1 aromatic heterocycles. The van der Waals surface area contributed by atoms with Crippen molar-refractivity contribution in [2.45, 2.75) is 6.92 Å². The number of hydrogen-bond acceptors (Lipinski definition) is 3. The first-order valence-corrected chi connectivity index (χ1v) is 3.40. The fourth-order valence-corrected chi connectivity index (χ4v) is 1.12. The van der Waals surface area contributed by atoms with E-state index in [1.54, 1.807) is 0 Å². The predicted octanol–water partition coefficient (Wildman–Crippen LogP) is 1.52. The zero-order chi connectivity index (χ0) is 8.43. The first-order chi connectivity index (χ1) is 5.13. The molecule has 58 valence electrons. The van der Waals surface area contributed by atoms with Gasteiger partial charge in [-0.3, -0.25) is 9.78 Å². The summed E-state index contributed by atoms with van der Waals surface area (Å²) in [5, 5.41) is 0.303. The van der Waals surface area contributed by atoms with Gasteiger partial charge in [-0.15, -0.1) is 0 Å². The Balaban J connectivity index is 3.32. The topological polar surface area (TPSA) is 56.0 Å². The maximum absolute atomic E-state index is 10.9. The van der Waals surface area contributed by atoms with E-state index in [0.717, 1.165) is 0 Å². The maximum atomic E-state index is 10.9. The molecule has 11 heavy (non-hydrogen) atoms. The lowest BCUT2D eigenvalue weighted by molar-refractivity contribution is 0.101. The summed E-state index contributed by atoms with van der Waals surface area (Å²) in [6, 6.07) is 0. The number of aromatic nitrogens is 1. The second-order valence-electron chi connectivity index (χ2n) is 2.14. The molecule has 0 fully saturated rings. The van der Waals surface area contributed by atoms with Gasteiger partial charge in [-0.25, -0.2) is 0 Å². The fourth-order valence-electron chi connectivity index (χ4n) is 0.821. The molecule has 0 bridgehead atoms. The Hall–Kier alpha value is -1.09. The normalized spacial score (nSPS) is 9.64. The third kappa shape index (κ3) is 1.49. The Kier molecular flexibility index (Phi) is 2.10. The standard InChI is InChI=1S/C7H7ClN2O/c1-4(11)7-5(8)2-10-3-6(7)9/h2-3H,9H2,1H3. The Morgan fingerprint density at radius 1 is 1.64 bits per heavy atom. The second-order valence-corrected chi connectivity index (χ2v) is 2.55. The summed E-state index contributed by atoms with van der Waals surface area (Å²) in [4.78, 5) is 14.6. The van der Waals surface area contributed by atoms with Crippen LogP contribution in [0.25, 0.3) is 0 Å². The summed E-state index contributed by atoms with van der Waals surface area (Å²) in [6.45, 7) is 1.41. The van der Waals surface area contributed by atoms with Gasteiger partial charge in [0.2, 0.25) is 0 Å². The predicted molar refractivity (Wildman–Crippen MR) is 43.7 cm³/mol. The van der Waals surface area contributed by atoms with Crippen molar-refractivity contribution >= 4 is 23.1 Å². The van der Waals surface area contributed by atoms with Crippen LogP contribution < -0.4 is 5.73 Å². The highest BCUT2D eigenvalue weighted by Gasteiger charge is 2.08. The summed E-state index contributed by atoms with van der Waals surface area (Å²) in [7, 11) is 0. The average Bonchev–Trinajstić information content (AvgIpc) is 1.85. The zero-order valence-corrected chi connectivity index (χ0v) is 6.72. The highest BCUT2D eigenvalue weighted by molar-refractivity contribution is 6.34. The smallest absolute Gasteiger partial charge is 0.163 e. The minimum Gasteiger partial charge on any atom is -0.397 e. The van der Waals surface area contributed by atoms with Gasteiger partial charge in [-0.2, -0.15) is 0 Å². The quantitative estimate of drug-likeness (QED) is 0.651. The summed E-state index contributed by atoms with van der Waals surface area (Å²) in [5.74, 6) is -0.144. The van der Waals surface area contributed by atoms with Gasteiger partial charge in [0.1, 0.15) is 0 Å². The molecule has 2 N–H and O–H groups in total. The van der Waals surface area contributed by atoms with Crippen LogP contribution in [0.2, 0.25) is 5.02 Å². The average molecular weight is 171 g/mol. The molecule has 0 aliphatic carbocycles. The number of nitrogen functional groups attached to an aromatic ring is 1. The lowest BCUT2D eigenvalue weighted by Crippen LogP contribution is -2.00. The fraction of sp³-hybridized carbons (Fsp3) is 0.143. The molecule has 0 saturated heterocycles. The van der Waals surface area contributed by atoms with Crippen LogP contribution in [0.1, 0.15) is 17.3 Å². The summed E-state index contributed by atoms with van der Waals surface area (Å²) in [5.41, 5.74) is 6.13. The van der Waals surface area contributed by atoms with Crippen LogP contribution >= 0.6 is 11.6 Å². The number of rotatable bonds is 1. The van der Waals surface area contributed by atoms with E-state index in [4.69, 9.17) is 17.3 Å². The molecule has 3 nitrogen and oxygen atoms in total. The number of carbonyl (C=O) groups is 1. The molecule has 0 atom stereocenters. The Morgan fingerprint density at radius 3 is 2.64 bits per heavy atom. The van der Waals surface area contributed by atoms with Crippen molar-refractivity contribution in [3.05, 3.63) is 23.0 Å². The van der Waals surface area contributed by atoms with Gasteiger partial charge in [-0.1, -0.05) is 11.6 Å². The van der Waals surface area contributed by atoms with Crippen LogP contribution in [0, 0.1) is 0 Å². The molecule has 0 aliphatic heterocycles. The van der Waals surface area contributed by atoms with Crippen molar-refractivity contribution in [3.8, 4) is 0 Å². The number of nitrogens with zero attached hydrogens (tertiary/aromatic N) is 1. The number of halogens is 1. The van der Waals surface area contributed by atoms with E-state index in [2.05, 4.69) is 4.98 Å². The van der Waals surface area contributed by atoms with Crippen molar-refractivity contribution in [2.24, 2.45) is 0 Å². The van der Waals surface area contributed by atoms with Crippen LogP contribution in [0.15, 0.2) is 12.4 Å². The summed E-state index contributed by atoms with van der Waals surface area (Å²) >= 11 is 5.66. The lowest BCUT2D eigenvalue weighted by Gasteiger charge is -2.01. The SMILES string of the molecule is CC(=O)c1c(N)cncc1Cl. The van der Waals surface area contributed by atoms with Gasteiger partial charge in [0.15, 0.2) is 5.78 Å². The van der Waals surface area contributed by atoms with Crippen LogP contribution in [0.3, 0.4) is 0 Å². The summed E-state index contributed by atoms with van der Waals surface area (Å²) in [6.07, 6.45) is 2.80. The van der Waals surface area contributed by atoms with Crippen LogP contribution in [-0.2, 0) is 0 Å². The van der Waals surface area contributed by atoms with Crippen LogP contribution in [0.5, 0.6) is 0 Å². The highest BCUT2D eigenvalue weighted by Crippen LogP contribution is 2.20. The van der Waals surface area contributed by atoms with Crippen LogP contribution in [-0.4, -0.2) is 10.8 Å². The second kappa shape index (κ2) is 2.88. The molecule has 1 aromatic rings. The third-order valence-electron chi connectivity index (χ3n) is 1.28. The van der Waals surface area contributed by atoms with Crippen molar-refractivity contribution in [2.75, 3.05) is 5.73 Å². The van der Waals surface area contributed by atoms with E-state index in [1.807, 2.05) is 0 Å². The monoisotopic (exact) mass is 170 g/mol. The van der Waals surface area contributed by atoms with E-state index in [1.165, 1.54) is 19.3 Å². The van der Waals surface area contributed by atoms with Crippen LogP contribution in [0.4, 0.5) is 5.69 Å². The first kappa shape index (κ1) is 8.01. The van der Waals surface area contributed by atoms with Gasteiger partial charge in [0.05, 0.1) is 22.5 Å². The maximum Gasteiger partial charge on any atom is 0.163 e. The van der Waals surface area contributed by atoms with E-state index in [0.29, 0.717) is 16.3 Å². The number of Topliss-reactive ketones (excluding diaryl/α,β-unsaturated/α-hetero) is 1. The number of pyridine rings is 1. The molecule has 4 heteroatoms. The number of ketones is 1. The van der Waals surface area contributed by atoms with Gasteiger partial charge in [-0.05, 0) is 6.92 Å². The zero-order valence-electron chi connectivity index (χ0n) is 5.97. The van der Waals surface area contributed by atoms with E-state index in [-0.39, 0.29) is 5.78 Å². The summed E-state index contributed by atoms with van der Waals surface area (Å²) < 4.78 is 0. The van der Waals surface area contributed by atoms with Crippen molar-refractivity contribution < 1.29 is 4.79 Å². The van der Waals surface area contributed by atoms with Gasteiger partial charge in [0.25, 0.3) is 0 Å². The molecule has 0 spiro atoms.